The molecule has 1 aromatic rings. The normalized spacial score (nSPS) is 22.8. The number of nitrogens with zero attached hydrogens (tertiary/aromatic N) is 1. The van der Waals surface area contributed by atoms with Crippen LogP contribution in [0.25, 0.3) is 0 Å². The van der Waals surface area contributed by atoms with E-state index in [-0.39, 0.29) is 5.54 Å². The Morgan fingerprint density at radius 3 is 2.74 bits per heavy atom. The Kier molecular flexibility index (Phi) is 4.19. The van der Waals surface area contributed by atoms with Crippen LogP contribution in [0.15, 0.2) is 24.3 Å². The Hall–Kier alpha value is -1.02. The van der Waals surface area contributed by atoms with Gasteiger partial charge in [-0.1, -0.05) is 32.9 Å². The Bertz CT molecular complexity index is 423. The van der Waals surface area contributed by atoms with Crippen molar-refractivity contribution in [1.82, 2.24) is 5.32 Å². The average Bonchev–Trinajstić information content (AvgIpc) is 2.37. The van der Waals surface area contributed by atoms with Gasteiger partial charge in [0.05, 0.1) is 0 Å². The molecule has 19 heavy (non-hydrogen) atoms. The van der Waals surface area contributed by atoms with Crippen molar-refractivity contribution in [2.45, 2.75) is 52.6 Å². The van der Waals surface area contributed by atoms with Gasteiger partial charge in [0, 0.05) is 30.4 Å². The molecule has 2 nitrogen and oxygen atoms in total. The van der Waals surface area contributed by atoms with Crippen LogP contribution in [0.4, 0.5) is 5.69 Å². The van der Waals surface area contributed by atoms with E-state index in [4.69, 9.17) is 0 Å². The highest BCUT2D eigenvalue weighted by atomic mass is 15.3. The second-order valence-electron chi connectivity index (χ2n) is 6.73. The molecule has 106 valence electrons. The van der Waals surface area contributed by atoms with E-state index in [1.165, 1.54) is 11.3 Å². The largest absolute Gasteiger partial charge is 0.365 e. The van der Waals surface area contributed by atoms with Gasteiger partial charge in [-0.15, -0.1) is 0 Å². The quantitative estimate of drug-likeness (QED) is 0.895. The summed E-state index contributed by atoms with van der Waals surface area (Å²) in [6.07, 6.45) is 1.11. The molecule has 1 atom stereocenters. The second-order valence-corrected chi connectivity index (χ2v) is 6.73. The predicted octanol–water partition coefficient (Wildman–Crippen LogP) is 3.46. The summed E-state index contributed by atoms with van der Waals surface area (Å²) in [7, 11) is 0. The molecule has 0 radical (unpaired) electrons. The molecular weight excluding hydrogens is 232 g/mol. The molecule has 1 fully saturated rings. The summed E-state index contributed by atoms with van der Waals surface area (Å²) >= 11 is 0. The lowest BCUT2D eigenvalue weighted by atomic mass is 9.92. The molecule has 0 aromatic heterocycles. The molecule has 2 rings (SSSR count). The van der Waals surface area contributed by atoms with Crippen molar-refractivity contribution in [2.24, 2.45) is 5.92 Å². The fraction of sp³-hybridized carbons (Fsp3) is 0.647. The summed E-state index contributed by atoms with van der Waals surface area (Å²) < 4.78 is 0. The maximum Gasteiger partial charge on any atom is 0.0438 e. The van der Waals surface area contributed by atoms with Gasteiger partial charge in [0.2, 0.25) is 0 Å². The van der Waals surface area contributed by atoms with Gasteiger partial charge in [-0.3, -0.25) is 0 Å². The van der Waals surface area contributed by atoms with Crippen LogP contribution in [0.1, 0.15) is 40.2 Å². The first-order chi connectivity index (χ1) is 8.93. The van der Waals surface area contributed by atoms with E-state index in [0.717, 1.165) is 19.5 Å². The number of benzene rings is 1. The number of anilines is 1. The molecule has 0 amide bonds. The summed E-state index contributed by atoms with van der Waals surface area (Å²) in [5.74, 6) is 0.661. The van der Waals surface area contributed by atoms with E-state index in [2.05, 4.69) is 69.1 Å². The van der Waals surface area contributed by atoms with Gasteiger partial charge in [-0.2, -0.15) is 0 Å². The van der Waals surface area contributed by atoms with Gasteiger partial charge in [0.1, 0.15) is 0 Å². The number of rotatable bonds is 3. The van der Waals surface area contributed by atoms with Gasteiger partial charge in [0.25, 0.3) is 0 Å². The van der Waals surface area contributed by atoms with Crippen LogP contribution in [0.2, 0.25) is 0 Å². The summed E-state index contributed by atoms with van der Waals surface area (Å²) in [6, 6.07) is 9.62. The number of piperazine rings is 1. The minimum Gasteiger partial charge on any atom is -0.365 e. The summed E-state index contributed by atoms with van der Waals surface area (Å²) in [4.78, 5) is 2.60. The third-order valence-electron chi connectivity index (χ3n) is 4.18. The highest BCUT2D eigenvalue weighted by Gasteiger charge is 2.33. The topological polar surface area (TPSA) is 15.3 Å². The van der Waals surface area contributed by atoms with Crippen LogP contribution >= 0.6 is 0 Å². The Balaban J connectivity index is 2.30. The molecule has 1 saturated heterocycles. The molecule has 1 aromatic carbocycles. The van der Waals surface area contributed by atoms with E-state index in [1.807, 2.05) is 0 Å². The minimum absolute atomic E-state index is 0.188. The van der Waals surface area contributed by atoms with Crippen LogP contribution < -0.4 is 10.2 Å². The number of aryl methyl sites for hydroxylation is 1. The van der Waals surface area contributed by atoms with E-state index < -0.39 is 0 Å². The molecule has 0 spiro atoms. The third-order valence-corrected chi connectivity index (χ3v) is 4.18. The van der Waals surface area contributed by atoms with Crippen LogP contribution in [0.3, 0.4) is 0 Å². The van der Waals surface area contributed by atoms with Gasteiger partial charge < -0.3 is 10.2 Å². The van der Waals surface area contributed by atoms with Crippen LogP contribution in [0.5, 0.6) is 0 Å². The Labute approximate surface area is 118 Å². The molecule has 1 N–H and O–H groups in total. The SMILES string of the molecule is CCc1cccc(N2CC(C)(C)NCC2C(C)C)c1. The van der Waals surface area contributed by atoms with Crippen molar-refractivity contribution in [3.05, 3.63) is 29.8 Å². The molecular formula is C17H28N2. The first-order valence-electron chi connectivity index (χ1n) is 7.53. The maximum atomic E-state index is 3.68. The molecule has 0 bridgehead atoms. The summed E-state index contributed by atoms with van der Waals surface area (Å²) in [6.45, 7) is 13.6. The van der Waals surface area contributed by atoms with Gasteiger partial charge in [-0.05, 0) is 43.9 Å². The molecule has 1 aliphatic heterocycles. The van der Waals surface area contributed by atoms with E-state index in [9.17, 15) is 0 Å². The number of nitrogens with one attached hydrogen (secondary N) is 1. The first kappa shape index (κ1) is 14.4. The standard InChI is InChI=1S/C17H28N2/c1-6-14-8-7-9-15(10-14)19-12-17(4,5)18-11-16(19)13(2)3/h7-10,13,16,18H,6,11-12H2,1-5H3. The van der Waals surface area contributed by atoms with Crippen LogP contribution in [-0.4, -0.2) is 24.7 Å². The molecule has 1 unspecified atom stereocenters. The molecule has 0 saturated carbocycles. The van der Waals surface area contributed by atoms with Crippen molar-refractivity contribution in [3.63, 3.8) is 0 Å². The van der Waals surface area contributed by atoms with Crippen molar-refractivity contribution < 1.29 is 0 Å². The van der Waals surface area contributed by atoms with E-state index >= 15 is 0 Å². The highest BCUT2D eigenvalue weighted by Crippen LogP contribution is 2.27. The Morgan fingerprint density at radius 1 is 1.37 bits per heavy atom. The van der Waals surface area contributed by atoms with Gasteiger partial charge >= 0.3 is 0 Å². The zero-order chi connectivity index (χ0) is 14.0. The molecule has 1 heterocycles. The third kappa shape index (κ3) is 3.30. The lowest BCUT2D eigenvalue weighted by Crippen LogP contribution is -2.63. The first-order valence-corrected chi connectivity index (χ1v) is 7.53. The lowest BCUT2D eigenvalue weighted by molar-refractivity contribution is 0.277. The second kappa shape index (κ2) is 5.54. The average molecular weight is 260 g/mol. The molecule has 2 heteroatoms. The zero-order valence-electron chi connectivity index (χ0n) is 13.0. The Morgan fingerprint density at radius 2 is 2.11 bits per heavy atom. The van der Waals surface area contributed by atoms with Crippen molar-refractivity contribution in [2.75, 3.05) is 18.0 Å². The maximum absolute atomic E-state index is 3.68. The van der Waals surface area contributed by atoms with E-state index in [1.54, 1.807) is 0 Å². The monoisotopic (exact) mass is 260 g/mol. The van der Waals surface area contributed by atoms with Crippen molar-refractivity contribution >= 4 is 5.69 Å². The van der Waals surface area contributed by atoms with Gasteiger partial charge in [-0.25, -0.2) is 0 Å². The van der Waals surface area contributed by atoms with Crippen LogP contribution in [0, 0.1) is 5.92 Å². The smallest absolute Gasteiger partial charge is 0.0438 e. The predicted molar refractivity (Wildman–Crippen MR) is 83.9 cm³/mol. The lowest BCUT2D eigenvalue weighted by Gasteiger charge is -2.47. The minimum atomic E-state index is 0.188. The number of hydrogen-bond donors (Lipinski definition) is 1. The fourth-order valence-corrected chi connectivity index (χ4v) is 2.92. The van der Waals surface area contributed by atoms with Crippen LogP contribution in [-0.2, 0) is 6.42 Å². The van der Waals surface area contributed by atoms with Gasteiger partial charge in [0.15, 0.2) is 0 Å². The van der Waals surface area contributed by atoms with Crippen molar-refractivity contribution in [1.29, 1.82) is 0 Å². The summed E-state index contributed by atoms with van der Waals surface area (Å²) in [5.41, 5.74) is 3.00. The van der Waals surface area contributed by atoms with E-state index in [0.29, 0.717) is 12.0 Å². The molecule has 1 aliphatic rings. The van der Waals surface area contributed by atoms with Crippen molar-refractivity contribution in [3.8, 4) is 0 Å². The number of hydrogen-bond acceptors (Lipinski definition) is 2. The molecule has 0 aliphatic carbocycles. The zero-order valence-corrected chi connectivity index (χ0v) is 13.0. The highest BCUT2D eigenvalue weighted by molar-refractivity contribution is 5.51. The fourth-order valence-electron chi connectivity index (χ4n) is 2.92. The summed E-state index contributed by atoms with van der Waals surface area (Å²) in [5, 5.41) is 3.68.